The molecule has 2 aromatic rings. The van der Waals surface area contributed by atoms with E-state index in [1.165, 1.54) is 9.58 Å². The van der Waals surface area contributed by atoms with Gasteiger partial charge in [-0.1, -0.05) is 18.2 Å². The summed E-state index contributed by atoms with van der Waals surface area (Å²) in [5.74, 6) is 0. The molecule has 0 unspecified atom stereocenters. The average Bonchev–Trinajstić information content (AvgIpc) is 2.78. The summed E-state index contributed by atoms with van der Waals surface area (Å²) < 4.78 is 3.10. The van der Waals surface area contributed by atoms with Crippen molar-refractivity contribution < 1.29 is 4.90 Å². The first-order valence-corrected chi connectivity index (χ1v) is 6.29. The zero-order valence-corrected chi connectivity index (χ0v) is 10.8. The Balaban J connectivity index is 2.27. The third kappa shape index (κ3) is 2.51. The van der Waals surface area contributed by atoms with Crippen molar-refractivity contribution in [2.45, 2.75) is 20.5 Å². The smallest absolute Gasteiger partial charge is 0.317 e. The van der Waals surface area contributed by atoms with Gasteiger partial charge in [-0.15, -0.1) is 0 Å². The van der Waals surface area contributed by atoms with Gasteiger partial charge in [0.25, 0.3) is 0 Å². The van der Waals surface area contributed by atoms with E-state index in [1.54, 1.807) is 10.9 Å². The maximum atomic E-state index is 12.2. The van der Waals surface area contributed by atoms with Crippen molar-refractivity contribution in [3.05, 3.63) is 47.1 Å². The molecule has 1 aromatic heterocycles. The molecule has 96 valence electrons. The van der Waals surface area contributed by atoms with Crippen LogP contribution in [0.25, 0.3) is 5.69 Å². The highest BCUT2D eigenvalue weighted by Gasteiger charge is 2.10. The van der Waals surface area contributed by atoms with E-state index in [-0.39, 0.29) is 5.69 Å². The highest BCUT2D eigenvalue weighted by atomic mass is 16.2. The molecule has 1 heterocycles. The minimum absolute atomic E-state index is 0.0828. The summed E-state index contributed by atoms with van der Waals surface area (Å²) in [7, 11) is 0. The number of aromatic nitrogens is 3. The molecule has 2 rings (SSSR count). The Hall–Kier alpha value is -1.88. The summed E-state index contributed by atoms with van der Waals surface area (Å²) >= 11 is 0. The maximum absolute atomic E-state index is 12.2. The van der Waals surface area contributed by atoms with E-state index in [2.05, 4.69) is 18.9 Å². The second-order valence-corrected chi connectivity index (χ2v) is 4.23. The molecule has 5 heteroatoms. The third-order valence-corrected chi connectivity index (χ3v) is 3.14. The minimum atomic E-state index is -0.0828. The Kier molecular flexibility index (Phi) is 3.94. The van der Waals surface area contributed by atoms with Gasteiger partial charge in [0.2, 0.25) is 0 Å². The van der Waals surface area contributed by atoms with Crippen molar-refractivity contribution in [3.63, 3.8) is 0 Å². The second kappa shape index (κ2) is 5.64. The van der Waals surface area contributed by atoms with Gasteiger partial charge in [-0.25, -0.2) is 9.36 Å². The Morgan fingerprint density at radius 1 is 1.17 bits per heavy atom. The molecule has 0 aliphatic heterocycles. The quantitative estimate of drug-likeness (QED) is 0.803. The molecule has 1 aromatic carbocycles. The van der Waals surface area contributed by atoms with E-state index in [0.717, 1.165) is 18.8 Å². The molecule has 0 fully saturated rings. The first-order chi connectivity index (χ1) is 8.76. The number of rotatable bonds is 5. The minimum Gasteiger partial charge on any atom is -0.317 e. The first-order valence-electron chi connectivity index (χ1n) is 6.29. The van der Waals surface area contributed by atoms with Gasteiger partial charge in [-0.05, 0) is 26.0 Å². The van der Waals surface area contributed by atoms with Crippen molar-refractivity contribution in [1.82, 2.24) is 14.3 Å². The lowest BCUT2D eigenvalue weighted by Gasteiger charge is -2.13. The Morgan fingerprint density at radius 3 is 2.44 bits per heavy atom. The lowest BCUT2D eigenvalue weighted by atomic mass is 10.3. The summed E-state index contributed by atoms with van der Waals surface area (Å²) in [5.41, 5.74) is 0.767. The fourth-order valence-electron chi connectivity index (χ4n) is 1.90. The van der Waals surface area contributed by atoms with E-state index in [1.807, 2.05) is 30.3 Å². The summed E-state index contributed by atoms with van der Waals surface area (Å²) in [6.07, 6.45) is 1.58. The van der Waals surface area contributed by atoms with Crippen molar-refractivity contribution in [2.75, 3.05) is 13.1 Å². The Morgan fingerprint density at radius 2 is 1.83 bits per heavy atom. The molecular weight excluding hydrogens is 228 g/mol. The number of nitrogens with zero attached hydrogens (tertiary/aromatic N) is 3. The molecule has 0 atom stereocenters. The van der Waals surface area contributed by atoms with Crippen LogP contribution >= 0.6 is 0 Å². The van der Waals surface area contributed by atoms with Gasteiger partial charge in [0.05, 0.1) is 18.8 Å². The van der Waals surface area contributed by atoms with Crippen LogP contribution in [-0.2, 0) is 6.67 Å². The molecule has 0 radical (unpaired) electrons. The van der Waals surface area contributed by atoms with Gasteiger partial charge in [0.1, 0.15) is 6.33 Å². The van der Waals surface area contributed by atoms with Crippen LogP contribution in [0.1, 0.15) is 13.8 Å². The van der Waals surface area contributed by atoms with Gasteiger partial charge in [-0.2, -0.15) is 9.78 Å². The molecule has 18 heavy (non-hydrogen) atoms. The molecule has 0 saturated heterocycles. The molecule has 0 bridgehead atoms. The monoisotopic (exact) mass is 247 g/mol. The summed E-state index contributed by atoms with van der Waals surface area (Å²) in [6, 6.07) is 9.55. The molecule has 5 nitrogen and oxygen atoms in total. The van der Waals surface area contributed by atoms with Crippen molar-refractivity contribution in [3.8, 4) is 5.69 Å². The van der Waals surface area contributed by atoms with Crippen molar-refractivity contribution in [2.24, 2.45) is 0 Å². The first kappa shape index (κ1) is 12.6. The molecular formula is C13H19N4O+. The number of hydrogen-bond donors (Lipinski definition) is 1. The lowest BCUT2D eigenvalue weighted by molar-refractivity contribution is -0.920. The normalized spacial score (nSPS) is 11.1. The van der Waals surface area contributed by atoms with Crippen LogP contribution in [0.15, 0.2) is 41.5 Å². The number of benzene rings is 1. The van der Waals surface area contributed by atoms with Crippen LogP contribution in [0.2, 0.25) is 0 Å². The van der Waals surface area contributed by atoms with Gasteiger partial charge >= 0.3 is 5.69 Å². The lowest BCUT2D eigenvalue weighted by Crippen LogP contribution is -3.11. The van der Waals surface area contributed by atoms with Gasteiger partial charge in [0, 0.05) is 0 Å². The van der Waals surface area contributed by atoms with E-state index >= 15 is 0 Å². The molecule has 0 spiro atoms. The zero-order chi connectivity index (χ0) is 13.0. The number of quaternary nitrogens is 1. The van der Waals surface area contributed by atoms with E-state index < -0.39 is 0 Å². The van der Waals surface area contributed by atoms with Gasteiger partial charge < -0.3 is 4.90 Å². The molecule has 0 saturated carbocycles. The second-order valence-electron chi connectivity index (χ2n) is 4.23. The van der Waals surface area contributed by atoms with E-state index in [9.17, 15) is 4.79 Å². The number of hydrogen-bond acceptors (Lipinski definition) is 2. The molecule has 0 aliphatic rings. The highest BCUT2D eigenvalue weighted by molar-refractivity contribution is 5.30. The zero-order valence-electron chi connectivity index (χ0n) is 10.8. The van der Waals surface area contributed by atoms with E-state index in [0.29, 0.717) is 6.67 Å². The number of nitrogens with one attached hydrogen (secondary N) is 1. The van der Waals surface area contributed by atoms with Gasteiger partial charge in [0.15, 0.2) is 6.67 Å². The largest absolute Gasteiger partial charge is 0.355 e. The van der Waals surface area contributed by atoms with Crippen LogP contribution in [0.5, 0.6) is 0 Å². The van der Waals surface area contributed by atoms with Gasteiger partial charge in [-0.3, -0.25) is 0 Å². The van der Waals surface area contributed by atoms with Crippen molar-refractivity contribution in [1.29, 1.82) is 0 Å². The molecule has 1 N–H and O–H groups in total. The van der Waals surface area contributed by atoms with Crippen molar-refractivity contribution >= 4 is 0 Å². The molecule has 0 amide bonds. The fourth-order valence-corrected chi connectivity index (χ4v) is 1.90. The molecule has 0 aliphatic carbocycles. The van der Waals surface area contributed by atoms with Crippen LogP contribution in [0.4, 0.5) is 0 Å². The maximum Gasteiger partial charge on any atom is 0.355 e. The number of para-hydroxylation sites is 1. The van der Waals surface area contributed by atoms with Crippen LogP contribution in [0.3, 0.4) is 0 Å². The summed E-state index contributed by atoms with van der Waals surface area (Å²) in [5, 5.41) is 4.17. The standard InChI is InChI=1S/C13H18N4O/c1-3-15(4-2)11-17-13(18)16(10-14-17)12-8-6-5-7-9-12/h5-10H,3-4,11H2,1-2H3/p+1. The third-order valence-electron chi connectivity index (χ3n) is 3.14. The van der Waals surface area contributed by atoms with Crippen LogP contribution < -0.4 is 10.6 Å². The Labute approximate surface area is 106 Å². The highest BCUT2D eigenvalue weighted by Crippen LogP contribution is 2.01. The average molecular weight is 247 g/mol. The van der Waals surface area contributed by atoms with Crippen LogP contribution in [0, 0.1) is 0 Å². The summed E-state index contributed by atoms with van der Waals surface area (Å²) in [6.45, 7) is 6.81. The predicted molar refractivity (Wildman–Crippen MR) is 69.9 cm³/mol. The topological polar surface area (TPSA) is 44.3 Å². The van der Waals surface area contributed by atoms with Crippen LogP contribution in [-0.4, -0.2) is 27.4 Å². The predicted octanol–water partition coefficient (Wildman–Crippen LogP) is -0.0838. The SMILES string of the molecule is CC[NH+](CC)Cn1ncn(-c2ccccc2)c1=O. The summed E-state index contributed by atoms with van der Waals surface area (Å²) in [4.78, 5) is 13.5. The fraction of sp³-hybridized carbons (Fsp3) is 0.385. The van der Waals surface area contributed by atoms with E-state index in [4.69, 9.17) is 0 Å². The Bertz CT molecular complexity index is 540.